The number of rotatable bonds is 6. The number of aryl methyl sites for hydroxylation is 2. The van der Waals surface area contributed by atoms with Gasteiger partial charge in [0.05, 0.1) is 11.9 Å². The summed E-state index contributed by atoms with van der Waals surface area (Å²) in [6.07, 6.45) is 1.09. The molecule has 1 aliphatic heterocycles. The van der Waals surface area contributed by atoms with Gasteiger partial charge in [0.25, 0.3) is 0 Å². The third-order valence-corrected chi connectivity index (χ3v) is 5.25. The van der Waals surface area contributed by atoms with Gasteiger partial charge in [-0.05, 0) is 54.8 Å². The first-order valence-corrected chi connectivity index (χ1v) is 10.3. The van der Waals surface area contributed by atoms with E-state index in [2.05, 4.69) is 5.32 Å². The van der Waals surface area contributed by atoms with E-state index in [1.807, 2.05) is 26.0 Å². The van der Waals surface area contributed by atoms with Crippen LogP contribution in [0.25, 0.3) is 0 Å². The second-order valence-electron chi connectivity index (χ2n) is 6.58. The van der Waals surface area contributed by atoms with Crippen molar-refractivity contribution in [2.45, 2.75) is 20.4 Å². The number of hydrogen-bond acceptors (Lipinski definition) is 5. The van der Waals surface area contributed by atoms with E-state index in [4.69, 9.17) is 9.47 Å². The van der Waals surface area contributed by atoms with Gasteiger partial charge in [0.2, 0.25) is 22.7 Å². The summed E-state index contributed by atoms with van der Waals surface area (Å²) in [4.78, 5) is 12.4. The van der Waals surface area contributed by atoms with E-state index in [9.17, 15) is 13.2 Å². The van der Waals surface area contributed by atoms with Crippen molar-refractivity contribution in [2.75, 3.05) is 23.9 Å². The molecule has 0 bridgehead atoms. The lowest BCUT2D eigenvalue weighted by Crippen LogP contribution is -2.40. The third kappa shape index (κ3) is 4.71. The Balaban J connectivity index is 1.69. The highest BCUT2D eigenvalue weighted by Gasteiger charge is 2.21. The summed E-state index contributed by atoms with van der Waals surface area (Å²) >= 11 is 0. The Morgan fingerprint density at radius 3 is 2.41 bits per heavy atom. The summed E-state index contributed by atoms with van der Waals surface area (Å²) in [7, 11) is -3.60. The molecule has 27 heavy (non-hydrogen) atoms. The standard InChI is InChI=1S/C19H22N2O5S/c1-13-6-14(2)8-16(7-13)21(27(3,23)24)11-19(22)20-10-15-4-5-17-18(9-15)26-12-25-17/h4-9H,10-12H2,1-3H3,(H,20,22). The fourth-order valence-corrected chi connectivity index (χ4v) is 3.77. The number of nitrogens with zero attached hydrogens (tertiary/aromatic N) is 1. The number of amides is 1. The zero-order valence-electron chi connectivity index (χ0n) is 15.5. The van der Waals surface area contributed by atoms with Gasteiger partial charge in [-0.3, -0.25) is 9.10 Å². The van der Waals surface area contributed by atoms with Crippen LogP contribution in [0.1, 0.15) is 16.7 Å². The fraction of sp³-hybridized carbons (Fsp3) is 0.316. The lowest BCUT2D eigenvalue weighted by Gasteiger charge is -2.22. The van der Waals surface area contributed by atoms with Crippen molar-refractivity contribution >= 4 is 21.6 Å². The fourth-order valence-electron chi connectivity index (χ4n) is 2.93. The molecule has 2 aromatic rings. The number of nitrogens with one attached hydrogen (secondary N) is 1. The zero-order valence-corrected chi connectivity index (χ0v) is 16.3. The van der Waals surface area contributed by atoms with Crippen molar-refractivity contribution in [3.8, 4) is 11.5 Å². The number of anilines is 1. The Hall–Kier alpha value is -2.74. The first-order chi connectivity index (χ1) is 12.7. The maximum Gasteiger partial charge on any atom is 0.241 e. The van der Waals surface area contributed by atoms with Gasteiger partial charge in [-0.25, -0.2) is 8.42 Å². The summed E-state index contributed by atoms with van der Waals surface area (Å²) in [6.45, 7) is 3.93. The minimum atomic E-state index is -3.60. The Morgan fingerprint density at radius 1 is 1.07 bits per heavy atom. The molecule has 1 N–H and O–H groups in total. The highest BCUT2D eigenvalue weighted by atomic mass is 32.2. The van der Waals surface area contributed by atoms with Gasteiger partial charge in [-0.2, -0.15) is 0 Å². The topological polar surface area (TPSA) is 84.9 Å². The predicted octanol–water partition coefficient (Wildman–Crippen LogP) is 2.11. The normalized spacial score (nSPS) is 12.7. The molecule has 1 amide bonds. The summed E-state index contributed by atoms with van der Waals surface area (Å²) in [5.74, 6) is 0.912. The van der Waals surface area contributed by atoms with Crippen LogP contribution in [0.3, 0.4) is 0 Å². The van der Waals surface area contributed by atoms with Crippen molar-refractivity contribution in [3.63, 3.8) is 0 Å². The molecule has 144 valence electrons. The third-order valence-electron chi connectivity index (χ3n) is 4.11. The molecule has 0 spiro atoms. The molecule has 8 heteroatoms. The molecule has 3 rings (SSSR count). The highest BCUT2D eigenvalue weighted by Crippen LogP contribution is 2.32. The molecule has 1 heterocycles. The predicted molar refractivity (Wildman–Crippen MR) is 103 cm³/mol. The Morgan fingerprint density at radius 2 is 1.74 bits per heavy atom. The molecule has 1 aliphatic rings. The maximum absolute atomic E-state index is 12.4. The minimum absolute atomic E-state index is 0.185. The smallest absolute Gasteiger partial charge is 0.241 e. The van der Waals surface area contributed by atoms with Gasteiger partial charge in [-0.15, -0.1) is 0 Å². The van der Waals surface area contributed by atoms with E-state index in [1.54, 1.807) is 24.3 Å². The van der Waals surface area contributed by atoms with E-state index >= 15 is 0 Å². The molecular weight excluding hydrogens is 368 g/mol. The first kappa shape index (κ1) is 19.0. The second kappa shape index (κ2) is 7.48. The van der Waals surface area contributed by atoms with Crippen LogP contribution in [0.5, 0.6) is 11.5 Å². The van der Waals surface area contributed by atoms with Crippen molar-refractivity contribution in [1.29, 1.82) is 0 Å². The van der Waals surface area contributed by atoms with E-state index < -0.39 is 15.9 Å². The van der Waals surface area contributed by atoms with Gasteiger partial charge in [-0.1, -0.05) is 12.1 Å². The molecule has 2 aromatic carbocycles. The zero-order chi connectivity index (χ0) is 19.6. The minimum Gasteiger partial charge on any atom is -0.454 e. The molecule has 0 saturated heterocycles. The molecule has 0 fully saturated rings. The van der Waals surface area contributed by atoms with Crippen LogP contribution in [0.4, 0.5) is 5.69 Å². The Kier molecular flexibility index (Phi) is 5.27. The monoisotopic (exact) mass is 390 g/mol. The number of carbonyl (C=O) groups excluding carboxylic acids is 1. The van der Waals surface area contributed by atoms with E-state index in [1.165, 1.54) is 0 Å². The van der Waals surface area contributed by atoms with Crippen molar-refractivity contribution < 1.29 is 22.7 Å². The van der Waals surface area contributed by atoms with Gasteiger partial charge >= 0.3 is 0 Å². The van der Waals surface area contributed by atoms with E-state index in [0.29, 0.717) is 17.2 Å². The maximum atomic E-state index is 12.4. The summed E-state index contributed by atoms with van der Waals surface area (Å²) < 4.78 is 36.1. The largest absolute Gasteiger partial charge is 0.454 e. The van der Waals surface area contributed by atoms with Crippen molar-refractivity contribution in [3.05, 3.63) is 53.1 Å². The molecule has 7 nitrogen and oxygen atoms in total. The second-order valence-corrected chi connectivity index (χ2v) is 8.49. The van der Waals surface area contributed by atoms with E-state index in [0.717, 1.165) is 27.3 Å². The van der Waals surface area contributed by atoms with Crippen LogP contribution < -0.4 is 19.1 Å². The van der Waals surface area contributed by atoms with Crippen molar-refractivity contribution in [2.24, 2.45) is 0 Å². The molecule has 0 unspecified atom stereocenters. The van der Waals surface area contributed by atoms with Crippen LogP contribution >= 0.6 is 0 Å². The highest BCUT2D eigenvalue weighted by molar-refractivity contribution is 7.92. The molecule has 0 atom stereocenters. The Bertz CT molecular complexity index is 952. The number of carbonyl (C=O) groups is 1. The average molecular weight is 390 g/mol. The Labute approximate surface area is 158 Å². The lowest BCUT2D eigenvalue weighted by molar-refractivity contribution is -0.119. The molecular formula is C19H22N2O5S. The molecule has 0 aliphatic carbocycles. The number of ether oxygens (including phenoxy) is 2. The first-order valence-electron chi connectivity index (χ1n) is 8.43. The summed E-state index contributed by atoms with van der Waals surface area (Å²) in [5, 5.41) is 2.75. The molecule has 0 saturated carbocycles. The van der Waals surface area contributed by atoms with Crippen LogP contribution in [0.15, 0.2) is 36.4 Å². The SMILES string of the molecule is Cc1cc(C)cc(N(CC(=O)NCc2ccc3c(c2)OCO3)S(C)(=O)=O)c1. The van der Waals surface area contributed by atoms with Crippen molar-refractivity contribution in [1.82, 2.24) is 5.32 Å². The van der Waals surface area contributed by atoms with Crippen LogP contribution in [-0.4, -0.2) is 33.9 Å². The number of hydrogen-bond donors (Lipinski definition) is 1. The van der Waals surface area contributed by atoms with E-state index in [-0.39, 0.29) is 19.9 Å². The molecule has 0 radical (unpaired) electrons. The number of benzene rings is 2. The van der Waals surface area contributed by atoms with Crippen LogP contribution in [0.2, 0.25) is 0 Å². The van der Waals surface area contributed by atoms with Gasteiger partial charge in [0.15, 0.2) is 11.5 Å². The summed E-state index contributed by atoms with van der Waals surface area (Å²) in [6, 6.07) is 10.8. The lowest BCUT2D eigenvalue weighted by atomic mass is 10.1. The molecule has 0 aromatic heterocycles. The number of fused-ring (bicyclic) bond motifs is 1. The van der Waals surface area contributed by atoms with Crippen LogP contribution in [0, 0.1) is 13.8 Å². The van der Waals surface area contributed by atoms with Crippen LogP contribution in [-0.2, 0) is 21.4 Å². The van der Waals surface area contributed by atoms with Gasteiger partial charge in [0.1, 0.15) is 6.54 Å². The average Bonchev–Trinajstić information content (AvgIpc) is 3.03. The number of sulfonamides is 1. The quantitative estimate of drug-likeness (QED) is 0.817. The van der Waals surface area contributed by atoms with Gasteiger partial charge < -0.3 is 14.8 Å². The van der Waals surface area contributed by atoms with Gasteiger partial charge in [0, 0.05) is 6.54 Å². The summed E-state index contributed by atoms with van der Waals surface area (Å²) in [5.41, 5.74) is 3.18.